The lowest BCUT2D eigenvalue weighted by Crippen LogP contribution is -2.14. The van der Waals surface area contributed by atoms with Crippen LogP contribution < -0.4 is 0 Å². The fourth-order valence-electron chi connectivity index (χ4n) is 1.99. The number of rotatable bonds is 2. The first kappa shape index (κ1) is 15.8. The van der Waals surface area contributed by atoms with Gasteiger partial charge in [0.05, 0.1) is 5.56 Å². The molecule has 2 aromatic rings. The van der Waals surface area contributed by atoms with Crippen LogP contribution in [0.25, 0.3) is 0 Å². The van der Waals surface area contributed by atoms with Crippen LogP contribution in [0.15, 0.2) is 40.9 Å². The van der Waals surface area contributed by atoms with Crippen LogP contribution in [0.1, 0.15) is 32.6 Å². The molecule has 0 spiro atoms. The van der Waals surface area contributed by atoms with E-state index in [1.54, 1.807) is 18.2 Å². The molecule has 0 saturated heterocycles. The van der Waals surface area contributed by atoms with E-state index in [1.165, 1.54) is 12.1 Å². The average molecular weight is 357 g/mol. The summed E-state index contributed by atoms with van der Waals surface area (Å²) < 4.78 is 39.5. The van der Waals surface area contributed by atoms with E-state index in [4.69, 9.17) is 0 Å². The largest absolute Gasteiger partial charge is 0.417 e. The molecule has 2 aromatic carbocycles. The molecule has 110 valence electrons. The molecule has 0 heterocycles. The highest BCUT2D eigenvalue weighted by Gasteiger charge is 2.35. The fourth-order valence-corrected chi connectivity index (χ4v) is 2.35. The Kier molecular flexibility index (Phi) is 4.23. The van der Waals surface area contributed by atoms with Crippen LogP contribution in [-0.2, 0) is 6.18 Å². The van der Waals surface area contributed by atoms with Gasteiger partial charge in [-0.25, -0.2) is 0 Å². The van der Waals surface area contributed by atoms with Crippen LogP contribution in [-0.4, -0.2) is 5.78 Å². The second kappa shape index (κ2) is 5.64. The highest BCUT2D eigenvalue weighted by Crippen LogP contribution is 2.35. The molecule has 2 rings (SSSR count). The minimum absolute atomic E-state index is 0.255. The Morgan fingerprint density at radius 1 is 1.00 bits per heavy atom. The van der Waals surface area contributed by atoms with Gasteiger partial charge in [0, 0.05) is 15.6 Å². The zero-order valence-electron chi connectivity index (χ0n) is 11.4. The summed E-state index contributed by atoms with van der Waals surface area (Å²) in [6.45, 7) is 3.70. The lowest BCUT2D eigenvalue weighted by Gasteiger charge is -2.13. The molecular formula is C16H12BrF3O. The molecule has 0 bridgehead atoms. The first-order chi connectivity index (χ1) is 9.70. The molecule has 5 heteroatoms. The number of halogens is 4. The minimum Gasteiger partial charge on any atom is -0.289 e. The van der Waals surface area contributed by atoms with Gasteiger partial charge in [-0.15, -0.1) is 0 Å². The molecule has 0 aliphatic heterocycles. The smallest absolute Gasteiger partial charge is 0.289 e. The van der Waals surface area contributed by atoms with Gasteiger partial charge in [0.1, 0.15) is 0 Å². The molecule has 0 aliphatic carbocycles. The number of hydrogen-bond acceptors (Lipinski definition) is 1. The van der Waals surface area contributed by atoms with Crippen molar-refractivity contribution in [1.82, 2.24) is 0 Å². The topological polar surface area (TPSA) is 17.1 Å². The zero-order valence-corrected chi connectivity index (χ0v) is 13.0. The first-order valence-corrected chi connectivity index (χ1v) is 6.98. The third-order valence-corrected chi connectivity index (χ3v) is 3.79. The number of alkyl halides is 3. The molecule has 0 aliphatic rings. The van der Waals surface area contributed by atoms with Crippen LogP contribution in [0.2, 0.25) is 0 Å². The average Bonchev–Trinajstić information content (AvgIpc) is 2.40. The van der Waals surface area contributed by atoms with E-state index in [0.29, 0.717) is 0 Å². The summed E-state index contributed by atoms with van der Waals surface area (Å²) >= 11 is 3.00. The summed E-state index contributed by atoms with van der Waals surface area (Å²) in [5.74, 6) is -0.627. The molecule has 0 aromatic heterocycles. The van der Waals surface area contributed by atoms with Gasteiger partial charge in [-0.1, -0.05) is 28.1 Å². The maximum Gasteiger partial charge on any atom is 0.417 e. The van der Waals surface area contributed by atoms with Crippen LogP contribution >= 0.6 is 15.9 Å². The van der Waals surface area contributed by atoms with E-state index in [2.05, 4.69) is 15.9 Å². The van der Waals surface area contributed by atoms with Gasteiger partial charge >= 0.3 is 6.18 Å². The van der Waals surface area contributed by atoms with Gasteiger partial charge in [0.25, 0.3) is 0 Å². The molecule has 0 N–H and O–H groups in total. The maximum absolute atomic E-state index is 13.1. The molecule has 1 nitrogen and oxygen atoms in total. The highest BCUT2D eigenvalue weighted by molar-refractivity contribution is 9.10. The van der Waals surface area contributed by atoms with E-state index in [-0.39, 0.29) is 15.6 Å². The Morgan fingerprint density at radius 2 is 1.67 bits per heavy atom. The third-order valence-electron chi connectivity index (χ3n) is 3.30. The first-order valence-electron chi connectivity index (χ1n) is 6.19. The monoisotopic (exact) mass is 356 g/mol. The van der Waals surface area contributed by atoms with E-state index in [1.807, 2.05) is 13.8 Å². The molecule has 0 amide bonds. The van der Waals surface area contributed by atoms with Crippen molar-refractivity contribution in [2.45, 2.75) is 20.0 Å². The zero-order chi connectivity index (χ0) is 15.8. The minimum atomic E-state index is -4.57. The van der Waals surface area contributed by atoms with Gasteiger partial charge in [-0.2, -0.15) is 13.2 Å². The molecular weight excluding hydrogens is 345 g/mol. The predicted molar refractivity (Wildman–Crippen MR) is 78.5 cm³/mol. The van der Waals surface area contributed by atoms with E-state index in [0.717, 1.165) is 17.2 Å². The molecule has 0 fully saturated rings. The Labute approximate surface area is 128 Å². The van der Waals surface area contributed by atoms with Crippen molar-refractivity contribution < 1.29 is 18.0 Å². The standard InChI is InChI=1S/C16H12BrF3O/c1-9-3-4-11(7-10(9)2)15(21)13-6-5-12(17)8-14(13)16(18,19)20/h3-8H,1-2H3. The van der Waals surface area contributed by atoms with Gasteiger partial charge < -0.3 is 0 Å². The van der Waals surface area contributed by atoms with Gasteiger partial charge in [-0.05, 0) is 49.2 Å². The van der Waals surface area contributed by atoms with Crippen molar-refractivity contribution in [2.75, 3.05) is 0 Å². The molecule has 0 unspecified atom stereocenters. The van der Waals surface area contributed by atoms with Crippen molar-refractivity contribution in [3.8, 4) is 0 Å². The summed E-state index contributed by atoms with van der Waals surface area (Å²) in [6.07, 6.45) is -4.57. The van der Waals surface area contributed by atoms with Crippen molar-refractivity contribution in [3.63, 3.8) is 0 Å². The van der Waals surface area contributed by atoms with E-state index >= 15 is 0 Å². The van der Waals surface area contributed by atoms with E-state index < -0.39 is 17.5 Å². The molecule has 0 saturated carbocycles. The maximum atomic E-state index is 13.1. The van der Waals surface area contributed by atoms with Gasteiger partial charge in [0.2, 0.25) is 0 Å². The van der Waals surface area contributed by atoms with Gasteiger partial charge in [-0.3, -0.25) is 4.79 Å². The van der Waals surface area contributed by atoms with Crippen molar-refractivity contribution >= 4 is 21.7 Å². The fraction of sp³-hybridized carbons (Fsp3) is 0.188. The quantitative estimate of drug-likeness (QED) is 0.666. The normalized spacial score (nSPS) is 11.5. The van der Waals surface area contributed by atoms with Crippen LogP contribution in [0.3, 0.4) is 0 Å². The van der Waals surface area contributed by atoms with Crippen molar-refractivity contribution in [3.05, 3.63) is 68.7 Å². The SMILES string of the molecule is Cc1ccc(C(=O)c2ccc(Br)cc2C(F)(F)F)cc1C. The number of hydrogen-bond donors (Lipinski definition) is 0. The third kappa shape index (κ3) is 3.35. The molecule has 21 heavy (non-hydrogen) atoms. The number of aryl methyl sites for hydroxylation is 2. The Morgan fingerprint density at radius 3 is 2.24 bits per heavy atom. The highest BCUT2D eigenvalue weighted by atomic mass is 79.9. The predicted octanol–water partition coefficient (Wildman–Crippen LogP) is 5.32. The number of carbonyl (C=O) groups excluding carboxylic acids is 1. The molecule has 0 atom stereocenters. The summed E-state index contributed by atoms with van der Waals surface area (Å²) in [4.78, 5) is 12.4. The lowest BCUT2D eigenvalue weighted by molar-refractivity contribution is -0.137. The Balaban J connectivity index is 2.55. The van der Waals surface area contributed by atoms with Gasteiger partial charge in [0.15, 0.2) is 5.78 Å². The number of benzene rings is 2. The summed E-state index contributed by atoms with van der Waals surface area (Å²) in [7, 11) is 0. The summed E-state index contributed by atoms with van der Waals surface area (Å²) in [5.41, 5.74) is 0.838. The number of carbonyl (C=O) groups is 1. The lowest BCUT2D eigenvalue weighted by atomic mass is 9.96. The second-order valence-electron chi connectivity index (χ2n) is 4.82. The second-order valence-corrected chi connectivity index (χ2v) is 5.73. The van der Waals surface area contributed by atoms with Crippen LogP contribution in [0, 0.1) is 13.8 Å². The Hall–Kier alpha value is -1.62. The van der Waals surface area contributed by atoms with E-state index in [9.17, 15) is 18.0 Å². The summed E-state index contributed by atoms with van der Waals surface area (Å²) in [6, 6.07) is 8.45. The van der Waals surface area contributed by atoms with Crippen LogP contribution in [0.5, 0.6) is 0 Å². The summed E-state index contributed by atoms with van der Waals surface area (Å²) in [5, 5.41) is 0. The van der Waals surface area contributed by atoms with Crippen molar-refractivity contribution in [1.29, 1.82) is 0 Å². The Bertz CT molecular complexity index is 705. The number of ketones is 1. The molecule has 0 radical (unpaired) electrons. The van der Waals surface area contributed by atoms with Crippen LogP contribution in [0.4, 0.5) is 13.2 Å². The van der Waals surface area contributed by atoms with Crippen molar-refractivity contribution in [2.24, 2.45) is 0 Å².